The minimum absolute atomic E-state index is 0.115. The van der Waals surface area contributed by atoms with Crippen molar-refractivity contribution in [2.45, 2.75) is 19.6 Å². The van der Waals surface area contributed by atoms with Crippen LogP contribution in [-0.2, 0) is 10.5 Å². The number of benzene rings is 2. The summed E-state index contributed by atoms with van der Waals surface area (Å²) in [6.07, 6.45) is 0. The minimum atomic E-state index is -0.305. The molecule has 2 rings (SSSR count). The molecule has 2 aromatic carbocycles. The van der Waals surface area contributed by atoms with Gasteiger partial charge in [0.1, 0.15) is 5.82 Å². The third-order valence-electron chi connectivity index (χ3n) is 3.04. The summed E-state index contributed by atoms with van der Waals surface area (Å²) in [6.45, 7) is 3.74. The van der Waals surface area contributed by atoms with Gasteiger partial charge in [-0.3, -0.25) is 4.79 Å². The molecule has 0 aliphatic heterocycles. The number of nitrogens with one attached hydrogen (secondary N) is 1. The van der Waals surface area contributed by atoms with E-state index < -0.39 is 0 Å². The van der Waals surface area contributed by atoms with Crippen molar-refractivity contribution in [1.29, 1.82) is 0 Å². The highest BCUT2D eigenvalue weighted by Crippen LogP contribution is 2.16. The van der Waals surface area contributed by atoms with Gasteiger partial charge in [-0.25, -0.2) is 4.39 Å². The molecule has 0 aliphatic carbocycles. The van der Waals surface area contributed by atoms with E-state index >= 15 is 0 Å². The van der Waals surface area contributed by atoms with Crippen LogP contribution in [0, 0.1) is 19.7 Å². The largest absolute Gasteiger partial charge is 0.325 e. The molecular weight excluding hydrogens is 285 g/mol. The Morgan fingerprint density at radius 1 is 1.19 bits per heavy atom. The summed E-state index contributed by atoms with van der Waals surface area (Å²) in [6, 6.07) is 12.9. The number of aryl methyl sites for hydroxylation is 2. The van der Waals surface area contributed by atoms with Gasteiger partial charge in [0.05, 0.1) is 5.75 Å². The van der Waals surface area contributed by atoms with Crippen molar-refractivity contribution in [1.82, 2.24) is 0 Å². The van der Waals surface area contributed by atoms with Crippen molar-refractivity contribution in [3.8, 4) is 0 Å². The zero-order valence-electron chi connectivity index (χ0n) is 12.2. The summed E-state index contributed by atoms with van der Waals surface area (Å²) in [5.41, 5.74) is 3.49. The topological polar surface area (TPSA) is 29.1 Å². The van der Waals surface area contributed by atoms with E-state index in [1.807, 2.05) is 25.1 Å². The van der Waals surface area contributed by atoms with Crippen LogP contribution in [0.15, 0.2) is 42.5 Å². The van der Waals surface area contributed by atoms with Crippen molar-refractivity contribution < 1.29 is 9.18 Å². The van der Waals surface area contributed by atoms with E-state index in [-0.39, 0.29) is 11.7 Å². The van der Waals surface area contributed by atoms with Crippen LogP contribution in [0.4, 0.5) is 10.1 Å². The fourth-order valence-electron chi connectivity index (χ4n) is 1.93. The summed E-state index contributed by atoms with van der Waals surface area (Å²) >= 11 is 1.54. The molecule has 0 aromatic heterocycles. The van der Waals surface area contributed by atoms with Crippen molar-refractivity contribution in [2.75, 3.05) is 11.1 Å². The first-order valence-electron chi connectivity index (χ1n) is 6.74. The van der Waals surface area contributed by atoms with Crippen LogP contribution in [0.3, 0.4) is 0 Å². The van der Waals surface area contributed by atoms with Gasteiger partial charge < -0.3 is 5.32 Å². The van der Waals surface area contributed by atoms with Gasteiger partial charge in [-0.05, 0) is 37.1 Å². The number of hydrogen-bond donors (Lipinski definition) is 1. The second-order valence-electron chi connectivity index (χ2n) is 4.99. The molecule has 0 fully saturated rings. The molecular formula is C17H18FNOS. The third kappa shape index (κ3) is 4.90. The highest BCUT2D eigenvalue weighted by molar-refractivity contribution is 7.99. The van der Waals surface area contributed by atoms with Gasteiger partial charge in [0.2, 0.25) is 5.91 Å². The average Bonchev–Trinajstić information content (AvgIpc) is 2.43. The monoisotopic (exact) mass is 303 g/mol. The van der Waals surface area contributed by atoms with Crippen LogP contribution in [0.1, 0.15) is 16.7 Å². The highest BCUT2D eigenvalue weighted by Gasteiger charge is 2.05. The van der Waals surface area contributed by atoms with Gasteiger partial charge in [-0.15, -0.1) is 11.8 Å². The molecule has 0 atom stereocenters. The Morgan fingerprint density at radius 3 is 2.71 bits per heavy atom. The molecule has 2 nitrogen and oxygen atoms in total. The number of hydrogen-bond acceptors (Lipinski definition) is 2. The van der Waals surface area contributed by atoms with E-state index in [0.717, 1.165) is 5.75 Å². The maximum absolute atomic E-state index is 13.4. The Hall–Kier alpha value is -1.81. The predicted octanol–water partition coefficient (Wildman–Crippen LogP) is 4.31. The van der Waals surface area contributed by atoms with E-state index in [4.69, 9.17) is 0 Å². The molecule has 0 aliphatic rings. The number of amides is 1. The molecule has 0 saturated heterocycles. The number of thioether (sulfide) groups is 1. The predicted molar refractivity (Wildman–Crippen MR) is 87.1 cm³/mol. The molecule has 0 saturated carbocycles. The van der Waals surface area contributed by atoms with Crippen LogP contribution in [0.25, 0.3) is 0 Å². The van der Waals surface area contributed by atoms with Crippen LogP contribution in [0.2, 0.25) is 0 Å². The second kappa shape index (κ2) is 7.27. The molecule has 1 N–H and O–H groups in total. The van der Waals surface area contributed by atoms with Gasteiger partial charge in [0.25, 0.3) is 0 Å². The molecule has 0 heterocycles. The fraction of sp³-hybridized carbons (Fsp3) is 0.235. The SMILES string of the molecule is Cc1cccc(CSCC(=O)Nc2ccc(C)c(F)c2)c1. The molecule has 21 heavy (non-hydrogen) atoms. The lowest BCUT2D eigenvalue weighted by Gasteiger charge is -2.06. The van der Waals surface area contributed by atoms with E-state index in [0.29, 0.717) is 17.0 Å². The van der Waals surface area contributed by atoms with E-state index in [1.54, 1.807) is 30.8 Å². The van der Waals surface area contributed by atoms with Crippen LogP contribution in [-0.4, -0.2) is 11.7 Å². The molecule has 4 heteroatoms. The van der Waals surface area contributed by atoms with Gasteiger partial charge >= 0.3 is 0 Å². The van der Waals surface area contributed by atoms with Crippen LogP contribution in [0.5, 0.6) is 0 Å². The maximum Gasteiger partial charge on any atom is 0.234 e. The smallest absolute Gasteiger partial charge is 0.234 e. The summed E-state index contributed by atoms with van der Waals surface area (Å²) in [7, 11) is 0. The second-order valence-corrected chi connectivity index (χ2v) is 5.98. The molecule has 110 valence electrons. The van der Waals surface area contributed by atoms with Gasteiger partial charge in [-0.1, -0.05) is 35.9 Å². The summed E-state index contributed by atoms with van der Waals surface area (Å²) < 4.78 is 13.4. The molecule has 2 aromatic rings. The lowest BCUT2D eigenvalue weighted by Crippen LogP contribution is -2.14. The van der Waals surface area contributed by atoms with E-state index in [9.17, 15) is 9.18 Å². The lowest BCUT2D eigenvalue weighted by atomic mass is 10.2. The van der Waals surface area contributed by atoms with Gasteiger partial charge in [0.15, 0.2) is 0 Å². The number of carbonyl (C=O) groups excluding carboxylic acids is 1. The first kappa shape index (κ1) is 15.6. The van der Waals surface area contributed by atoms with Gasteiger partial charge in [-0.2, -0.15) is 0 Å². The Labute approximate surface area is 128 Å². The number of carbonyl (C=O) groups is 1. The number of anilines is 1. The first-order valence-corrected chi connectivity index (χ1v) is 7.89. The van der Waals surface area contributed by atoms with Crippen LogP contribution >= 0.6 is 11.8 Å². The standard InChI is InChI=1S/C17H18FNOS/c1-12-4-3-5-14(8-12)10-21-11-17(20)19-15-7-6-13(2)16(18)9-15/h3-9H,10-11H2,1-2H3,(H,19,20). The first-order chi connectivity index (χ1) is 10.0. The normalized spacial score (nSPS) is 10.4. The third-order valence-corrected chi connectivity index (χ3v) is 4.04. The molecule has 0 radical (unpaired) electrons. The Morgan fingerprint density at radius 2 is 2.00 bits per heavy atom. The molecule has 0 spiro atoms. The molecule has 0 bridgehead atoms. The van der Waals surface area contributed by atoms with Crippen molar-refractivity contribution in [3.63, 3.8) is 0 Å². The summed E-state index contributed by atoms with van der Waals surface area (Å²) in [5, 5.41) is 2.71. The Bertz CT molecular complexity index is 642. The summed E-state index contributed by atoms with van der Waals surface area (Å²) in [5.74, 6) is 0.719. The lowest BCUT2D eigenvalue weighted by molar-refractivity contribution is -0.113. The van der Waals surface area contributed by atoms with Crippen molar-refractivity contribution >= 4 is 23.4 Å². The molecule has 1 amide bonds. The van der Waals surface area contributed by atoms with E-state index in [1.165, 1.54) is 17.2 Å². The molecule has 0 unspecified atom stereocenters. The van der Waals surface area contributed by atoms with Crippen molar-refractivity contribution in [2.24, 2.45) is 0 Å². The number of halogens is 1. The van der Waals surface area contributed by atoms with Gasteiger partial charge in [0, 0.05) is 11.4 Å². The Kier molecular flexibility index (Phi) is 5.39. The average molecular weight is 303 g/mol. The van der Waals surface area contributed by atoms with Crippen molar-refractivity contribution in [3.05, 3.63) is 65.0 Å². The minimum Gasteiger partial charge on any atom is -0.325 e. The van der Waals surface area contributed by atoms with Crippen LogP contribution < -0.4 is 5.32 Å². The Balaban J connectivity index is 1.81. The zero-order valence-corrected chi connectivity index (χ0v) is 13.0. The van der Waals surface area contributed by atoms with E-state index in [2.05, 4.69) is 11.4 Å². The highest BCUT2D eigenvalue weighted by atomic mass is 32.2. The fourth-order valence-corrected chi connectivity index (χ4v) is 2.71. The number of rotatable bonds is 5. The maximum atomic E-state index is 13.4. The summed E-state index contributed by atoms with van der Waals surface area (Å²) in [4.78, 5) is 11.8. The zero-order chi connectivity index (χ0) is 15.2. The quantitative estimate of drug-likeness (QED) is 0.891.